The molecule has 2 N–H and O–H groups in total. The standard InChI is InChI=1S/C29H24Br2N2O2S.BrH/c30-23-16-25(28(35)26(31)17-23)27(34)20-36-29(32-24-14-8-3-9-15-24)33(18-21-10-4-1-5-11-21)19-22-12-6-2-7-13-22;/h1-17H,18-20H2,(H,34,35);1H. The van der Waals surface area contributed by atoms with Gasteiger partial charge in [0.25, 0.3) is 0 Å². The summed E-state index contributed by atoms with van der Waals surface area (Å²) in [7, 11) is 0. The first-order valence-corrected chi connectivity index (χ1v) is 13.9. The number of aromatic hydroxyl groups is 1. The highest BCUT2D eigenvalue weighted by atomic mass is 79.9. The van der Waals surface area contributed by atoms with E-state index in [2.05, 4.69) is 66.0 Å². The maximum atomic E-state index is 13.2. The second-order valence-corrected chi connectivity index (χ2v) is 10.9. The number of carbonyl (C=O) groups excluding carboxylic acids is 1. The molecule has 37 heavy (non-hydrogen) atoms. The first-order valence-electron chi connectivity index (χ1n) is 11.4. The van der Waals surface area contributed by atoms with E-state index >= 15 is 0 Å². The number of hydrogen-bond donors (Lipinski definition) is 2. The molecule has 8 heteroatoms. The number of hydrogen-bond acceptors (Lipinski definition) is 3. The minimum Gasteiger partial charge on any atom is -1.00 e. The molecule has 4 rings (SSSR count). The average Bonchev–Trinajstić information content (AvgIpc) is 2.90. The molecule has 190 valence electrons. The highest BCUT2D eigenvalue weighted by molar-refractivity contribution is 9.11. The average molecular weight is 705 g/mol. The van der Waals surface area contributed by atoms with Crippen LogP contribution >= 0.6 is 43.6 Å². The van der Waals surface area contributed by atoms with Crippen molar-refractivity contribution in [2.45, 2.75) is 13.1 Å². The van der Waals surface area contributed by atoms with Crippen molar-refractivity contribution < 1.29 is 31.5 Å². The van der Waals surface area contributed by atoms with Crippen molar-refractivity contribution in [1.82, 2.24) is 0 Å². The van der Waals surface area contributed by atoms with E-state index < -0.39 is 0 Å². The monoisotopic (exact) mass is 702 g/mol. The minimum atomic E-state index is -0.161. The van der Waals surface area contributed by atoms with Crippen LogP contribution in [0.4, 0.5) is 5.69 Å². The highest BCUT2D eigenvalue weighted by Crippen LogP contribution is 2.32. The van der Waals surface area contributed by atoms with Gasteiger partial charge in [-0.2, -0.15) is 0 Å². The van der Waals surface area contributed by atoms with Gasteiger partial charge in [0, 0.05) is 4.47 Å². The lowest BCUT2D eigenvalue weighted by Gasteiger charge is -2.14. The van der Waals surface area contributed by atoms with Crippen molar-refractivity contribution >= 4 is 60.3 Å². The van der Waals surface area contributed by atoms with Crippen LogP contribution < -0.4 is 22.3 Å². The summed E-state index contributed by atoms with van der Waals surface area (Å²) in [5, 5.41) is 14.9. The van der Waals surface area contributed by atoms with Crippen LogP contribution in [0.15, 0.2) is 112 Å². The minimum absolute atomic E-state index is 0. The van der Waals surface area contributed by atoms with Gasteiger partial charge in [-0.25, -0.2) is 9.89 Å². The zero-order chi connectivity index (χ0) is 25.3. The lowest BCUT2D eigenvalue weighted by Crippen LogP contribution is -3.00. The van der Waals surface area contributed by atoms with Crippen molar-refractivity contribution in [3.63, 3.8) is 0 Å². The molecule has 0 aliphatic carbocycles. The van der Waals surface area contributed by atoms with Gasteiger partial charge in [-0.1, -0.05) is 94.8 Å². The third-order valence-electron chi connectivity index (χ3n) is 5.41. The van der Waals surface area contributed by atoms with Gasteiger partial charge in [0.15, 0.2) is 5.78 Å². The Bertz CT molecular complexity index is 1310. The second-order valence-electron chi connectivity index (χ2n) is 8.12. The molecule has 0 amide bonds. The molecule has 4 nitrogen and oxygen atoms in total. The van der Waals surface area contributed by atoms with Crippen molar-refractivity contribution in [3.05, 3.63) is 129 Å². The summed E-state index contributed by atoms with van der Waals surface area (Å²) in [5.41, 5.74) is 3.55. The molecule has 0 saturated carbocycles. The zero-order valence-electron chi connectivity index (χ0n) is 19.8. The second kappa shape index (κ2) is 14.5. The molecule has 0 aliphatic heterocycles. The molecule has 0 aliphatic rings. The fourth-order valence-corrected chi connectivity index (χ4v) is 5.80. The Kier molecular flexibility index (Phi) is 11.4. The number of para-hydroxylation sites is 1. The van der Waals surface area contributed by atoms with Crippen molar-refractivity contribution in [2.24, 2.45) is 0 Å². The molecule has 0 bridgehead atoms. The van der Waals surface area contributed by atoms with Gasteiger partial charge < -0.3 is 22.1 Å². The van der Waals surface area contributed by atoms with E-state index in [1.54, 1.807) is 12.1 Å². The number of nitrogens with one attached hydrogen (secondary N) is 1. The Balaban J connectivity index is 0.00000380. The summed E-state index contributed by atoms with van der Waals surface area (Å²) in [6, 6.07) is 33.9. The lowest BCUT2D eigenvalue weighted by molar-refractivity contribution is -0.557. The van der Waals surface area contributed by atoms with E-state index in [1.807, 2.05) is 66.7 Å². The molecule has 0 saturated heterocycles. The van der Waals surface area contributed by atoms with Gasteiger partial charge in [0.1, 0.15) is 24.5 Å². The molecule has 0 unspecified atom stereocenters. The summed E-state index contributed by atoms with van der Waals surface area (Å²) in [4.78, 5) is 13.2. The van der Waals surface area contributed by atoms with Crippen LogP contribution in [0.3, 0.4) is 0 Å². The maximum Gasteiger partial charge on any atom is 0.312 e. The summed E-state index contributed by atoms with van der Waals surface area (Å²) in [6.45, 7) is 1.33. The summed E-state index contributed by atoms with van der Waals surface area (Å²) < 4.78 is 3.44. The van der Waals surface area contributed by atoms with Gasteiger partial charge >= 0.3 is 5.17 Å². The van der Waals surface area contributed by atoms with E-state index in [-0.39, 0.29) is 39.8 Å². The number of Topliss-reactive ketones (excluding diaryl/α,β-unsaturated/α-hetero) is 1. The first-order chi connectivity index (χ1) is 17.5. The quantitative estimate of drug-likeness (QED) is 0.121. The number of benzene rings is 4. The smallest absolute Gasteiger partial charge is 0.312 e. The fraction of sp³-hybridized carbons (Fsp3) is 0.103. The van der Waals surface area contributed by atoms with Crippen molar-refractivity contribution in [1.29, 1.82) is 0 Å². The molecule has 4 aromatic rings. The number of carbonyl (C=O) groups is 1. The number of thioether (sulfide) groups is 1. The van der Waals surface area contributed by atoms with Gasteiger partial charge in [-0.05, 0) is 63.1 Å². The maximum absolute atomic E-state index is 13.2. The normalized spacial score (nSPS) is 10.3. The van der Waals surface area contributed by atoms with Crippen LogP contribution in [0.2, 0.25) is 0 Å². The predicted molar refractivity (Wildman–Crippen MR) is 156 cm³/mol. The van der Waals surface area contributed by atoms with Crippen molar-refractivity contribution in [3.8, 4) is 5.75 Å². The Morgan fingerprint density at radius 3 is 1.86 bits per heavy atom. The number of phenolic OH excluding ortho intramolecular Hbond substituents is 1. The summed E-state index contributed by atoms with van der Waals surface area (Å²) in [6.07, 6.45) is 0. The molecule has 0 aromatic heterocycles. The Morgan fingerprint density at radius 1 is 0.811 bits per heavy atom. The van der Waals surface area contributed by atoms with Gasteiger partial charge in [-0.15, -0.1) is 0 Å². The Hall–Kier alpha value is -2.39. The first kappa shape index (κ1) is 29.2. The van der Waals surface area contributed by atoms with Gasteiger partial charge in [0.2, 0.25) is 0 Å². The van der Waals surface area contributed by atoms with Crippen LogP contribution in [0.1, 0.15) is 21.5 Å². The highest BCUT2D eigenvalue weighted by Gasteiger charge is 2.21. The van der Waals surface area contributed by atoms with E-state index in [9.17, 15) is 9.90 Å². The number of anilines is 1. The summed E-state index contributed by atoms with van der Waals surface area (Å²) in [5.74, 6) is -0.0517. The van der Waals surface area contributed by atoms with Crippen molar-refractivity contribution in [2.75, 3.05) is 11.1 Å². The number of ketones is 1. The van der Waals surface area contributed by atoms with Crippen LogP contribution in [0.5, 0.6) is 5.75 Å². The number of halogens is 3. The summed E-state index contributed by atoms with van der Waals surface area (Å²) >= 11 is 8.16. The number of rotatable bonds is 8. The molecule has 0 radical (unpaired) electrons. The molecule has 0 spiro atoms. The predicted octanol–water partition coefficient (Wildman–Crippen LogP) is 4.72. The van der Waals surface area contributed by atoms with Gasteiger partial charge in [0.05, 0.1) is 15.8 Å². The van der Waals surface area contributed by atoms with Crippen LogP contribution in [-0.4, -0.2) is 26.4 Å². The molecule has 0 fully saturated rings. The zero-order valence-corrected chi connectivity index (χ0v) is 25.4. The molecule has 0 heterocycles. The Morgan fingerprint density at radius 2 is 1.32 bits per heavy atom. The van der Waals surface area contributed by atoms with E-state index in [4.69, 9.17) is 0 Å². The SMILES string of the molecule is O=C(CSC(Nc1ccccc1)=[N+](Cc1ccccc1)Cc1ccccc1)c1cc(Br)cc(Br)c1O.[Br-]. The van der Waals surface area contributed by atoms with Crippen LogP contribution in [0, 0.1) is 0 Å². The van der Waals surface area contributed by atoms with E-state index in [0.29, 0.717) is 17.6 Å². The third kappa shape index (κ3) is 8.57. The third-order valence-corrected chi connectivity index (χ3v) is 7.52. The molecule has 0 atom stereocenters. The number of nitrogens with zero attached hydrogens (tertiary/aromatic N) is 1. The van der Waals surface area contributed by atoms with Gasteiger partial charge in [-0.3, -0.25) is 4.79 Å². The van der Waals surface area contributed by atoms with Crippen LogP contribution in [0.25, 0.3) is 0 Å². The molecular weight excluding hydrogens is 680 g/mol. The topological polar surface area (TPSA) is 52.3 Å². The molecular formula is C29H25Br3N2O2S. The fourth-order valence-electron chi connectivity index (χ4n) is 3.65. The lowest BCUT2D eigenvalue weighted by atomic mass is 10.1. The van der Waals surface area contributed by atoms with E-state index in [0.717, 1.165) is 15.3 Å². The largest absolute Gasteiger partial charge is 1.00 e. The number of phenols is 1. The van der Waals surface area contributed by atoms with Crippen LogP contribution in [-0.2, 0) is 13.1 Å². The molecule has 4 aromatic carbocycles. The Labute approximate surface area is 248 Å². The van der Waals surface area contributed by atoms with E-state index in [1.165, 1.54) is 22.9 Å². The number of amidine groups is 1.